The van der Waals surface area contributed by atoms with Crippen molar-refractivity contribution < 1.29 is 19.4 Å². The standard InChI is InChI=1S/C31H52O4/c1-3-5-7-9-10-11-12-13-14-15-16-18-21-25-29(35-31(34)28-24-8-6-4-2)26-22-19-17-20-23-27-30(32)33/h5,7,10-11,13-14,16,18,29H,3-4,6,8-9,12,15,17,19-28H2,1-2H3,(H,32,33)/b7-5-,11-10-,14-13-,18-16-. The molecule has 0 aliphatic heterocycles. The molecular weight excluding hydrogens is 436 g/mol. The Morgan fingerprint density at radius 2 is 1.20 bits per heavy atom. The van der Waals surface area contributed by atoms with E-state index in [2.05, 4.69) is 62.5 Å². The molecule has 4 heteroatoms. The minimum atomic E-state index is -0.716. The maximum Gasteiger partial charge on any atom is 0.306 e. The number of allylic oxidation sites excluding steroid dienone is 8. The van der Waals surface area contributed by atoms with Crippen LogP contribution in [0.2, 0.25) is 0 Å². The first-order chi connectivity index (χ1) is 17.1. The second-order valence-corrected chi connectivity index (χ2v) is 9.20. The molecule has 0 aromatic rings. The van der Waals surface area contributed by atoms with Gasteiger partial charge in [-0.05, 0) is 64.2 Å². The lowest BCUT2D eigenvalue weighted by Gasteiger charge is -2.17. The highest BCUT2D eigenvalue weighted by molar-refractivity contribution is 5.69. The van der Waals surface area contributed by atoms with Crippen LogP contribution in [0.1, 0.15) is 129 Å². The summed E-state index contributed by atoms with van der Waals surface area (Å²) in [7, 11) is 0. The van der Waals surface area contributed by atoms with E-state index in [1.54, 1.807) is 0 Å². The summed E-state index contributed by atoms with van der Waals surface area (Å²) in [4.78, 5) is 22.9. The van der Waals surface area contributed by atoms with Crippen molar-refractivity contribution in [3.8, 4) is 0 Å². The van der Waals surface area contributed by atoms with Crippen LogP contribution in [0.15, 0.2) is 48.6 Å². The summed E-state index contributed by atoms with van der Waals surface area (Å²) in [5.74, 6) is -0.774. The average Bonchev–Trinajstić information content (AvgIpc) is 2.83. The molecule has 1 atom stereocenters. The molecule has 0 spiro atoms. The Hall–Kier alpha value is -2.10. The molecule has 0 saturated carbocycles. The van der Waals surface area contributed by atoms with Crippen LogP contribution in [0.3, 0.4) is 0 Å². The van der Waals surface area contributed by atoms with E-state index in [4.69, 9.17) is 9.84 Å². The molecule has 0 radical (unpaired) electrons. The zero-order valence-electron chi connectivity index (χ0n) is 22.6. The van der Waals surface area contributed by atoms with Gasteiger partial charge in [0.1, 0.15) is 6.10 Å². The second kappa shape index (κ2) is 26.5. The van der Waals surface area contributed by atoms with E-state index in [-0.39, 0.29) is 18.5 Å². The van der Waals surface area contributed by atoms with Crippen LogP contribution in [0.4, 0.5) is 0 Å². The fourth-order valence-electron chi connectivity index (χ4n) is 3.76. The molecule has 200 valence electrons. The van der Waals surface area contributed by atoms with Crippen molar-refractivity contribution >= 4 is 11.9 Å². The number of hydrogen-bond donors (Lipinski definition) is 1. The third-order valence-electron chi connectivity index (χ3n) is 5.82. The third kappa shape index (κ3) is 26.3. The van der Waals surface area contributed by atoms with Gasteiger partial charge in [-0.25, -0.2) is 0 Å². The van der Waals surface area contributed by atoms with Gasteiger partial charge in [-0.15, -0.1) is 0 Å². The fourth-order valence-corrected chi connectivity index (χ4v) is 3.76. The van der Waals surface area contributed by atoms with Gasteiger partial charge in [-0.2, -0.15) is 0 Å². The molecule has 0 fully saturated rings. The molecule has 0 aromatic heterocycles. The lowest BCUT2D eigenvalue weighted by Crippen LogP contribution is -2.18. The second-order valence-electron chi connectivity index (χ2n) is 9.20. The highest BCUT2D eigenvalue weighted by atomic mass is 16.5. The minimum Gasteiger partial charge on any atom is -0.481 e. The van der Waals surface area contributed by atoms with E-state index in [0.29, 0.717) is 6.42 Å². The number of ether oxygens (including phenoxy) is 1. The average molecular weight is 489 g/mol. The molecule has 0 rings (SSSR count). The predicted octanol–water partition coefficient (Wildman–Crippen LogP) is 9.27. The Balaban J connectivity index is 4.22. The molecule has 0 saturated heterocycles. The third-order valence-corrected chi connectivity index (χ3v) is 5.82. The van der Waals surface area contributed by atoms with Gasteiger partial charge in [-0.3, -0.25) is 9.59 Å². The van der Waals surface area contributed by atoms with E-state index in [9.17, 15) is 9.59 Å². The summed E-state index contributed by atoms with van der Waals surface area (Å²) >= 11 is 0. The fraction of sp³-hybridized carbons (Fsp3) is 0.677. The number of rotatable bonds is 24. The normalized spacial score (nSPS) is 13.0. The van der Waals surface area contributed by atoms with Crippen molar-refractivity contribution in [2.45, 2.75) is 136 Å². The highest BCUT2D eigenvalue weighted by Gasteiger charge is 2.13. The Kier molecular flexibility index (Phi) is 24.9. The van der Waals surface area contributed by atoms with E-state index in [0.717, 1.165) is 89.9 Å². The van der Waals surface area contributed by atoms with Crippen molar-refractivity contribution in [2.24, 2.45) is 0 Å². The van der Waals surface area contributed by atoms with Gasteiger partial charge in [0.15, 0.2) is 0 Å². The summed E-state index contributed by atoms with van der Waals surface area (Å²) in [6.07, 6.45) is 34.2. The monoisotopic (exact) mass is 488 g/mol. The molecule has 0 bridgehead atoms. The Bertz CT molecular complexity index is 615. The molecule has 4 nitrogen and oxygen atoms in total. The molecule has 0 amide bonds. The molecule has 0 heterocycles. The van der Waals surface area contributed by atoms with E-state index < -0.39 is 5.97 Å². The maximum absolute atomic E-state index is 12.3. The van der Waals surface area contributed by atoms with Gasteiger partial charge >= 0.3 is 11.9 Å². The number of unbranched alkanes of at least 4 members (excludes halogenated alkanes) is 7. The van der Waals surface area contributed by atoms with Crippen LogP contribution in [-0.4, -0.2) is 23.1 Å². The first kappa shape index (κ1) is 32.9. The quantitative estimate of drug-likeness (QED) is 0.0835. The van der Waals surface area contributed by atoms with Crippen molar-refractivity contribution in [1.82, 2.24) is 0 Å². The Morgan fingerprint density at radius 1 is 0.657 bits per heavy atom. The van der Waals surface area contributed by atoms with Crippen LogP contribution in [-0.2, 0) is 14.3 Å². The molecule has 0 aromatic carbocycles. The van der Waals surface area contributed by atoms with Gasteiger partial charge in [0.25, 0.3) is 0 Å². The zero-order valence-corrected chi connectivity index (χ0v) is 22.6. The molecule has 0 aliphatic carbocycles. The van der Waals surface area contributed by atoms with Crippen molar-refractivity contribution in [3.05, 3.63) is 48.6 Å². The maximum atomic E-state index is 12.3. The van der Waals surface area contributed by atoms with Crippen LogP contribution in [0, 0.1) is 0 Å². The van der Waals surface area contributed by atoms with Gasteiger partial charge < -0.3 is 9.84 Å². The predicted molar refractivity (Wildman–Crippen MR) is 149 cm³/mol. The molecule has 0 aliphatic rings. The number of aliphatic carboxylic acids is 1. The summed E-state index contributed by atoms with van der Waals surface area (Å²) in [5, 5.41) is 8.72. The topological polar surface area (TPSA) is 63.6 Å². The van der Waals surface area contributed by atoms with Crippen LogP contribution in [0.5, 0.6) is 0 Å². The van der Waals surface area contributed by atoms with Crippen molar-refractivity contribution in [3.63, 3.8) is 0 Å². The van der Waals surface area contributed by atoms with Crippen LogP contribution in [0.25, 0.3) is 0 Å². The molecular formula is C31H52O4. The molecule has 1 unspecified atom stereocenters. The van der Waals surface area contributed by atoms with E-state index >= 15 is 0 Å². The highest BCUT2D eigenvalue weighted by Crippen LogP contribution is 2.16. The first-order valence-corrected chi connectivity index (χ1v) is 14.1. The van der Waals surface area contributed by atoms with Crippen molar-refractivity contribution in [2.75, 3.05) is 0 Å². The molecule has 35 heavy (non-hydrogen) atoms. The number of esters is 1. The molecule has 1 N–H and O–H groups in total. The Labute approximate surface area is 215 Å². The van der Waals surface area contributed by atoms with Crippen LogP contribution < -0.4 is 0 Å². The number of carboxylic acids is 1. The smallest absolute Gasteiger partial charge is 0.306 e. The van der Waals surface area contributed by atoms with Gasteiger partial charge in [0.05, 0.1) is 0 Å². The lowest BCUT2D eigenvalue weighted by molar-refractivity contribution is -0.150. The van der Waals surface area contributed by atoms with Gasteiger partial charge in [0, 0.05) is 12.8 Å². The van der Waals surface area contributed by atoms with Gasteiger partial charge in [0.2, 0.25) is 0 Å². The first-order valence-electron chi connectivity index (χ1n) is 14.1. The largest absolute Gasteiger partial charge is 0.481 e. The van der Waals surface area contributed by atoms with Crippen LogP contribution >= 0.6 is 0 Å². The zero-order chi connectivity index (χ0) is 25.8. The number of carbonyl (C=O) groups excluding carboxylic acids is 1. The minimum absolute atomic E-state index is 0.0141. The Morgan fingerprint density at radius 3 is 1.83 bits per heavy atom. The number of carbonyl (C=O) groups is 2. The van der Waals surface area contributed by atoms with Crippen molar-refractivity contribution in [1.29, 1.82) is 0 Å². The summed E-state index contributed by atoms with van der Waals surface area (Å²) in [5.41, 5.74) is 0. The van der Waals surface area contributed by atoms with E-state index in [1.165, 1.54) is 12.8 Å². The van der Waals surface area contributed by atoms with E-state index in [1.807, 2.05) is 0 Å². The summed E-state index contributed by atoms with van der Waals surface area (Å²) in [6, 6.07) is 0. The number of hydrogen-bond acceptors (Lipinski definition) is 3. The lowest BCUT2D eigenvalue weighted by atomic mass is 10.0. The summed E-state index contributed by atoms with van der Waals surface area (Å²) in [6.45, 7) is 4.32. The summed E-state index contributed by atoms with van der Waals surface area (Å²) < 4.78 is 5.82. The number of carboxylic acid groups (broad SMARTS) is 1. The SMILES string of the molecule is CC/C=C\C/C=C\C/C=C\C/C=C\CCC(CCCCCCCC(=O)O)OC(=O)CCCCCC. The van der Waals surface area contributed by atoms with Gasteiger partial charge in [-0.1, -0.05) is 101 Å².